The molecule has 12 heteroatoms. The SMILES string of the molecule is CNCC(=O)NCCCCc1ncc(-c2ccc3cc(-c4ccc5nc(C6CCCN6C(=O)C(NC(=O)OC)C(C)C)[nH]c5c4)ccc3c2)[nH]1. The average Bonchev–Trinajstić information content (AvgIpc) is 3.89. The standard InChI is InChI=1S/C38H46N8O4/c1-23(2)35(45-38(49)50-4)37(48)46-17-7-8-32(46)36-43-29-15-14-27(20-30(29)44-36)25-10-11-26-19-28(13-12-24(26)18-25)31-21-41-33(42-31)9-5-6-16-40-34(47)22-39-3/h10-15,18-21,23,32,35,39H,5-9,16-17,22H2,1-4H3,(H,40,47)(H,41,42)(H,43,44)(H,45,49). The fraction of sp³-hybridized carbons (Fsp3) is 0.395. The minimum absolute atomic E-state index is 0.0136. The van der Waals surface area contributed by atoms with Gasteiger partial charge in [0.2, 0.25) is 11.8 Å². The molecule has 1 aliphatic rings. The Morgan fingerprint density at radius 3 is 2.48 bits per heavy atom. The van der Waals surface area contributed by atoms with E-state index < -0.39 is 12.1 Å². The van der Waals surface area contributed by atoms with Crippen LogP contribution in [0, 0.1) is 5.92 Å². The molecule has 1 fully saturated rings. The Balaban J connectivity index is 1.13. The number of benzene rings is 3. The van der Waals surface area contributed by atoms with Crippen LogP contribution in [0.3, 0.4) is 0 Å². The zero-order valence-electron chi connectivity index (χ0n) is 29.1. The molecule has 262 valence electrons. The topological polar surface area (TPSA) is 157 Å². The van der Waals surface area contributed by atoms with Crippen molar-refractivity contribution in [1.29, 1.82) is 0 Å². The van der Waals surface area contributed by atoms with Crippen LogP contribution in [0.4, 0.5) is 4.79 Å². The van der Waals surface area contributed by atoms with Gasteiger partial charge in [-0.1, -0.05) is 44.2 Å². The van der Waals surface area contributed by atoms with E-state index >= 15 is 0 Å². The highest BCUT2D eigenvalue weighted by atomic mass is 16.5. The molecule has 50 heavy (non-hydrogen) atoms. The van der Waals surface area contributed by atoms with E-state index in [4.69, 9.17) is 9.72 Å². The van der Waals surface area contributed by atoms with E-state index in [2.05, 4.69) is 79.4 Å². The number of nitrogens with one attached hydrogen (secondary N) is 5. The van der Waals surface area contributed by atoms with Crippen LogP contribution in [0.1, 0.15) is 57.2 Å². The van der Waals surface area contributed by atoms with Crippen molar-refractivity contribution in [2.24, 2.45) is 5.92 Å². The number of carbonyl (C=O) groups excluding carboxylic acids is 3. The summed E-state index contributed by atoms with van der Waals surface area (Å²) in [6, 6.07) is 18.3. The number of fused-ring (bicyclic) bond motifs is 2. The molecule has 1 saturated heterocycles. The third-order valence-electron chi connectivity index (χ3n) is 9.36. The molecule has 2 atom stereocenters. The quantitative estimate of drug-likeness (QED) is 0.103. The molecule has 3 aromatic carbocycles. The molecular formula is C38H46N8O4. The molecule has 3 amide bonds. The van der Waals surface area contributed by atoms with Gasteiger partial charge in [0, 0.05) is 25.1 Å². The first kappa shape index (κ1) is 34.6. The zero-order valence-corrected chi connectivity index (χ0v) is 29.1. The Morgan fingerprint density at radius 2 is 1.72 bits per heavy atom. The molecular weight excluding hydrogens is 632 g/mol. The van der Waals surface area contributed by atoms with Crippen LogP contribution in [-0.2, 0) is 20.7 Å². The van der Waals surface area contributed by atoms with Gasteiger partial charge >= 0.3 is 6.09 Å². The minimum atomic E-state index is -0.675. The maximum Gasteiger partial charge on any atom is 0.407 e. The summed E-state index contributed by atoms with van der Waals surface area (Å²) < 4.78 is 4.76. The summed E-state index contributed by atoms with van der Waals surface area (Å²) >= 11 is 0. The molecule has 0 radical (unpaired) electrons. The number of H-pyrrole nitrogens is 2. The van der Waals surface area contributed by atoms with Gasteiger partial charge in [-0.2, -0.15) is 0 Å². The summed E-state index contributed by atoms with van der Waals surface area (Å²) in [6.45, 7) is 5.43. The van der Waals surface area contributed by atoms with Gasteiger partial charge in [-0.05, 0) is 84.8 Å². The summed E-state index contributed by atoms with van der Waals surface area (Å²) in [7, 11) is 3.06. The number of likely N-dealkylation sites (N-methyl/N-ethyl adjacent to an activating group) is 1. The Kier molecular flexibility index (Phi) is 10.8. The number of rotatable bonds is 13. The second-order valence-electron chi connectivity index (χ2n) is 13.3. The Morgan fingerprint density at radius 1 is 0.980 bits per heavy atom. The Labute approximate surface area is 291 Å². The molecule has 0 bridgehead atoms. The van der Waals surface area contributed by atoms with E-state index in [1.807, 2.05) is 31.0 Å². The van der Waals surface area contributed by atoms with E-state index in [-0.39, 0.29) is 23.8 Å². The normalized spacial score (nSPS) is 15.1. The van der Waals surface area contributed by atoms with Crippen LogP contribution >= 0.6 is 0 Å². The number of likely N-dealkylation sites (tertiary alicyclic amines) is 1. The number of aromatic nitrogens is 4. The first-order valence-electron chi connectivity index (χ1n) is 17.4. The van der Waals surface area contributed by atoms with Gasteiger partial charge < -0.3 is 35.6 Å². The van der Waals surface area contributed by atoms with Crippen molar-refractivity contribution in [3.05, 3.63) is 72.4 Å². The third-order valence-corrected chi connectivity index (χ3v) is 9.36. The third kappa shape index (κ3) is 7.81. The van der Waals surface area contributed by atoms with Gasteiger partial charge in [0.05, 0.1) is 42.6 Å². The Hall–Kier alpha value is -5.23. The lowest BCUT2D eigenvalue weighted by Gasteiger charge is -2.29. The first-order valence-corrected chi connectivity index (χ1v) is 17.4. The van der Waals surface area contributed by atoms with Gasteiger partial charge in [0.1, 0.15) is 17.7 Å². The van der Waals surface area contributed by atoms with Gasteiger partial charge in [0.15, 0.2) is 0 Å². The zero-order chi connectivity index (χ0) is 35.2. The number of ether oxygens (including phenoxy) is 1. The monoisotopic (exact) mass is 678 g/mol. The fourth-order valence-electron chi connectivity index (χ4n) is 6.66. The highest BCUT2D eigenvalue weighted by Gasteiger charge is 2.37. The number of nitrogens with zero attached hydrogens (tertiary/aromatic N) is 3. The fourth-order valence-corrected chi connectivity index (χ4v) is 6.66. The van der Waals surface area contributed by atoms with E-state index in [1.54, 1.807) is 7.05 Å². The number of unbranched alkanes of at least 4 members (excludes halogenated alkanes) is 1. The summed E-state index contributed by atoms with van der Waals surface area (Å²) in [5, 5.41) is 10.7. The van der Waals surface area contributed by atoms with Crippen LogP contribution < -0.4 is 16.0 Å². The van der Waals surface area contributed by atoms with Crippen molar-refractivity contribution >= 4 is 39.7 Å². The van der Waals surface area contributed by atoms with E-state index in [9.17, 15) is 14.4 Å². The minimum Gasteiger partial charge on any atom is -0.453 e. The highest BCUT2D eigenvalue weighted by Crippen LogP contribution is 2.34. The van der Waals surface area contributed by atoms with E-state index in [1.165, 1.54) is 7.11 Å². The van der Waals surface area contributed by atoms with Crippen LogP contribution in [0.5, 0.6) is 0 Å². The lowest BCUT2D eigenvalue weighted by atomic mass is 9.99. The second-order valence-corrected chi connectivity index (χ2v) is 13.3. The molecule has 0 spiro atoms. The predicted octanol–water partition coefficient (Wildman–Crippen LogP) is 5.48. The predicted molar refractivity (Wildman–Crippen MR) is 194 cm³/mol. The maximum absolute atomic E-state index is 13.6. The van der Waals surface area contributed by atoms with Crippen molar-refractivity contribution < 1.29 is 19.1 Å². The number of amides is 3. The summed E-state index contributed by atoms with van der Waals surface area (Å²) in [6.07, 6.45) is 5.59. The van der Waals surface area contributed by atoms with Gasteiger partial charge in [-0.15, -0.1) is 0 Å². The largest absolute Gasteiger partial charge is 0.453 e. The number of methoxy groups -OCH3 is 1. The summed E-state index contributed by atoms with van der Waals surface area (Å²) in [5.41, 5.74) is 5.98. The number of hydrogen-bond acceptors (Lipinski definition) is 7. The molecule has 2 unspecified atom stereocenters. The van der Waals surface area contributed by atoms with Crippen molar-refractivity contribution in [2.45, 2.75) is 58.0 Å². The molecule has 1 aliphatic heterocycles. The average molecular weight is 679 g/mol. The Bertz CT molecular complexity index is 1980. The summed E-state index contributed by atoms with van der Waals surface area (Å²) in [4.78, 5) is 55.4. The van der Waals surface area contributed by atoms with Crippen LogP contribution in [0.2, 0.25) is 0 Å². The van der Waals surface area contributed by atoms with Gasteiger partial charge in [0.25, 0.3) is 0 Å². The molecule has 0 aliphatic carbocycles. The van der Waals surface area contributed by atoms with Gasteiger partial charge in [-0.25, -0.2) is 14.8 Å². The van der Waals surface area contributed by atoms with E-state index in [0.29, 0.717) is 19.6 Å². The van der Waals surface area contributed by atoms with Crippen LogP contribution in [0.25, 0.3) is 44.2 Å². The van der Waals surface area contributed by atoms with Crippen molar-refractivity contribution in [3.8, 4) is 22.4 Å². The molecule has 12 nitrogen and oxygen atoms in total. The molecule has 5 N–H and O–H groups in total. The lowest BCUT2D eigenvalue weighted by molar-refractivity contribution is -0.135. The number of carbonyl (C=O) groups is 3. The maximum atomic E-state index is 13.6. The second kappa shape index (κ2) is 15.5. The van der Waals surface area contributed by atoms with Crippen molar-refractivity contribution in [2.75, 3.05) is 33.8 Å². The molecule has 0 saturated carbocycles. The smallest absolute Gasteiger partial charge is 0.407 e. The first-order chi connectivity index (χ1) is 24.2. The number of imidazole rings is 2. The lowest BCUT2D eigenvalue weighted by Crippen LogP contribution is -2.51. The van der Waals surface area contributed by atoms with Crippen LogP contribution in [0.15, 0.2) is 60.8 Å². The summed E-state index contributed by atoms with van der Waals surface area (Å²) in [5.74, 6) is 1.49. The van der Waals surface area contributed by atoms with Crippen LogP contribution in [-0.4, -0.2) is 82.6 Å². The number of aryl methyl sites for hydroxylation is 1. The van der Waals surface area contributed by atoms with Gasteiger partial charge in [-0.3, -0.25) is 9.59 Å². The van der Waals surface area contributed by atoms with Crippen molar-refractivity contribution in [1.82, 2.24) is 40.8 Å². The molecule has 5 aromatic rings. The highest BCUT2D eigenvalue weighted by molar-refractivity contribution is 5.92. The molecule has 6 rings (SSSR count). The number of aromatic amines is 2. The number of alkyl carbamates (subject to hydrolysis) is 1. The molecule has 2 aromatic heterocycles. The molecule has 3 heterocycles. The van der Waals surface area contributed by atoms with Crippen molar-refractivity contribution in [3.63, 3.8) is 0 Å². The van der Waals surface area contributed by atoms with E-state index in [0.717, 1.165) is 87.9 Å². The number of hydrogen-bond donors (Lipinski definition) is 5.